The Balaban J connectivity index is 1.98. The number of anilines is 1. The summed E-state index contributed by atoms with van der Waals surface area (Å²) in [7, 11) is 1.98. The molecule has 0 spiro atoms. The van der Waals surface area contributed by atoms with Crippen molar-refractivity contribution < 1.29 is 0 Å². The number of aromatic nitrogens is 4. The van der Waals surface area contributed by atoms with Crippen molar-refractivity contribution in [2.75, 3.05) is 11.9 Å². The Bertz CT molecular complexity index is 802. The number of hydrogen-bond acceptors (Lipinski definition) is 4. The summed E-state index contributed by atoms with van der Waals surface area (Å²) in [6, 6.07) is 14.1. The van der Waals surface area contributed by atoms with Crippen LogP contribution in [0, 0.1) is 6.57 Å². The van der Waals surface area contributed by atoms with Crippen LogP contribution in [-0.4, -0.2) is 26.9 Å². The second-order valence-electron chi connectivity index (χ2n) is 4.77. The summed E-state index contributed by atoms with van der Waals surface area (Å²) in [5.41, 5.74) is 1.78. The monoisotopic (exact) mass is 278 g/mol. The standard InChI is InChI=1S/C15H14N6/c1-11(12-7-5-4-6-8-12)20(3)14-10-9-13-17-18-15(16-2)21(13)19-14/h4-11H,1,3H3/t11-/m0/s1. The highest BCUT2D eigenvalue weighted by molar-refractivity contribution is 5.50. The number of nitrogens with zero attached hydrogens (tertiary/aromatic N) is 6. The Labute approximate surface area is 122 Å². The smallest absolute Gasteiger partial charge is 0.386 e. The van der Waals surface area contributed by atoms with E-state index in [-0.39, 0.29) is 12.0 Å². The maximum absolute atomic E-state index is 7.09. The van der Waals surface area contributed by atoms with E-state index in [1.807, 2.05) is 37.4 Å². The zero-order chi connectivity index (χ0) is 14.8. The molecule has 21 heavy (non-hydrogen) atoms. The van der Waals surface area contributed by atoms with Gasteiger partial charge in [0.05, 0.1) is 6.04 Å². The molecule has 0 radical (unpaired) electrons. The van der Waals surface area contributed by atoms with E-state index in [1.54, 1.807) is 0 Å². The lowest BCUT2D eigenvalue weighted by molar-refractivity contribution is 0.716. The highest BCUT2D eigenvalue weighted by Gasteiger charge is 2.16. The normalized spacial score (nSPS) is 12.0. The van der Waals surface area contributed by atoms with Gasteiger partial charge in [-0.1, -0.05) is 35.4 Å². The summed E-state index contributed by atoms with van der Waals surface area (Å²) >= 11 is 0. The first kappa shape index (κ1) is 13.1. The quantitative estimate of drug-likeness (QED) is 0.691. The van der Waals surface area contributed by atoms with Crippen molar-refractivity contribution in [1.29, 1.82) is 0 Å². The molecule has 0 aliphatic carbocycles. The fourth-order valence-electron chi connectivity index (χ4n) is 2.18. The van der Waals surface area contributed by atoms with Gasteiger partial charge in [-0.25, -0.2) is 0 Å². The van der Waals surface area contributed by atoms with Gasteiger partial charge in [-0.3, -0.25) is 0 Å². The third-order valence-electron chi connectivity index (χ3n) is 3.56. The topological polar surface area (TPSA) is 50.7 Å². The zero-order valence-corrected chi connectivity index (χ0v) is 11.8. The third kappa shape index (κ3) is 2.30. The lowest BCUT2D eigenvalue weighted by Crippen LogP contribution is -2.23. The molecule has 0 aliphatic rings. The lowest BCUT2D eigenvalue weighted by atomic mass is 10.1. The Hall–Kier alpha value is -2.94. The fraction of sp³-hybridized carbons (Fsp3) is 0.200. The maximum Gasteiger partial charge on any atom is 0.386 e. The van der Waals surface area contributed by atoms with Crippen LogP contribution < -0.4 is 4.90 Å². The molecule has 0 amide bonds. The van der Waals surface area contributed by atoms with Crippen LogP contribution in [0.25, 0.3) is 10.5 Å². The fourth-order valence-corrected chi connectivity index (χ4v) is 2.18. The molecule has 2 heterocycles. The molecule has 1 atom stereocenters. The molecule has 0 saturated heterocycles. The van der Waals surface area contributed by atoms with Crippen LogP contribution in [0.4, 0.5) is 11.8 Å². The van der Waals surface area contributed by atoms with Crippen molar-refractivity contribution in [3.63, 3.8) is 0 Å². The molecular weight excluding hydrogens is 264 g/mol. The van der Waals surface area contributed by atoms with Crippen molar-refractivity contribution >= 4 is 17.4 Å². The predicted molar refractivity (Wildman–Crippen MR) is 80.3 cm³/mol. The first-order valence-electron chi connectivity index (χ1n) is 6.58. The van der Waals surface area contributed by atoms with Gasteiger partial charge in [0.2, 0.25) is 5.65 Å². The molecule has 3 aromatic rings. The van der Waals surface area contributed by atoms with Crippen LogP contribution in [0.3, 0.4) is 0 Å². The lowest BCUT2D eigenvalue weighted by Gasteiger charge is -2.25. The first-order chi connectivity index (χ1) is 10.2. The van der Waals surface area contributed by atoms with E-state index in [0.29, 0.717) is 5.65 Å². The number of rotatable bonds is 3. The van der Waals surface area contributed by atoms with E-state index in [9.17, 15) is 0 Å². The van der Waals surface area contributed by atoms with Crippen molar-refractivity contribution in [1.82, 2.24) is 19.8 Å². The van der Waals surface area contributed by atoms with Gasteiger partial charge in [0.15, 0.2) is 5.82 Å². The van der Waals surface area contributed by atoms with E-state index in [4.69, 9.17) is 6.57 Å². The molecule has 0 N–H and O–H groups in total. The van der Waals surface area contributed by atoms with Crippen LogP contribution in [0.5, 0.6) is 0 Å². The van der Waals surface area contributed by atoms with E-state index in [0.717, 1.165) is 5.82 Å². The minimum atomic E-state index is 0.170. The van der Waals surface area contributed by atoms with E-state index in [2.05, 4.69) is 44.1 Å². The van der Waals surface area contributed by atoms with Crippen molar-refractivity contribution in [2.24, 2.45) is 0 Å². The van der Waals surface area contributed by atoms with Gasteiger partial charge in [-0.15, -0.1) is 16.2 Å². The number of hydrogen-bond donors (Lipinski definition) is 0. The summed E-state index contributed by atoms with van der Waals surface area (Å²) < 4.78 is 1.47. The molecule has 0 bridgehead atoms. The van der Waals surface area contributed by atoms with Crippen LogP contribution in [0.1, 0.15) is 18.5 Å². The average molecular weight is 278 g/mol. The summed E-state index contributed by atoms with van der Waals surface area (Å²) in [5.74, 6) is 0.941. The van der Waals surface area contributed by atoms with Crippen molar-refractivity contribution in [3.8, 4) is 0 Å². The second kappa shape index (κ2) is 5.21. The SMILES string of the molecule is [C-]#[N+]c1nnc2ccc(N(C)[C@@H](C)c3ccccc3)nn12. The molecular formula is C15H14N6. The highest BCUT2D eigenvalue weighted by Crippen LogP contribution is 2.24. The van der Waals surface area contributed by atoms with Gasteiger partial charge in [0, 0.05) is 13.1 Å². The summed E-state index contributed by atoms with van der Waals surface area (Å²) in [4.78, 5) is 5.38. The van der Waals surface area contributed by atoms with E-state index < -0.39 is 0 Å². The van der Waals surface area contributed by atoms with E-state index in [1.165, 1.54) is 10.1 Å². The van der Waals surface area contributed by atoms with E-state index >= 15 is 0 Å². The highest BCUT2D eigenvalue weighted by atomic mass is 15.4. The van der Waals surface area contributed by atoms with Gasteiger partial charge >= 0.3 is 5.95 Å². The Kier molecular flexibility index (Phi) is 3.24. The van der Waals surface area contributed by atoms with Gasteiger partial charge < -0.3 is 9.74 Å². The molecule has 0 aliphatic heterocycles. The molecule has 6 nitrogen and oxygen atoms in total. The molecule has 0 unspecified atom stereocenters. The van der Waals surface area contributed by atoms with Crippen LogP contribution >= 0.6 is 0 Å². The third-order valence-corrected chi connectivity index (χ3v) is 3.56. The molecule has 6 heteroatoms. The Morgan fingerprint density at radius 1 is 1.14 bits per heavy atom. The maximum atomic E-state index is 7.09. The largest absolute Gasteiger partial charge is 0.393 e. The molecule has 0 fully saturated rings. The van der Waals surface area contributed by atoms with Crippen LogP contribution in [-0.2, 0) is 0 Å². The van der Waals surface area contributed by atoms with Gasteiger partial charge in [0.25, 0.3) is 0 Å². The Morgan fingerprint density at radius 2 is 1.90 bits per heavy atom. The molecule has 0 saturated carbocycles. The van der Waals surface area contributed by atoms with Gasteiger partial charge in [-0.2, -0.15) is 0 Å². The molecule has 1 aromatic carbocycles. The second-order valence-corrected chi connectivity index (χ2v) is 4.77. The Morgan fingerprint density at radius 3 is 2.62 bits per heavy atom. The predicted octanol–water partition coefficient (Wildman–Crippen LogP) is 2.87. The average Bonchev–Trinajstić information content (AvgIpc) is 2.96. The zero-order valence-electron chi connectivity index (χ0n) is 11.8. The summed E-state index contributed by atoms with van der Waals surface area (Å²) in [5, 5.41) is 12.2. The van der Waals surface area contributed by atoms with Crippen LogP contribution in [0.2, 0.25) is 0 Å². The summed E-state index contributed by atoms with van der Waals surface area (Å²) in [6.45, 7) is 9.20. The van der Waals surface area contributed by atoms with Crippen molar-refractivity contribution in [3.05, 3.63) is 59.4 Å². The summed E-state index contributed by atoms with van der Waals surface area (Å²) in [6.07, 6.45) is 0. The van der Waals surface area contributed by atoms with Crippen LogP contribution in [0.15, 0.2) is 42.5 Å². The molecule has 104 valence electrons. The number of benzene rings is 1. The molecule has 3 rings (SSSR count). The minimum absolute atomic E-state index is 0.170. The first-order valence-corrected chi connectivity index (χ1v) is 6.58. The minimum Gasteiger partial charge on any atom is -0.393 e. The van der Waals surface area contributed by atoms with Gasteiger partial charge in [-0.05, 0) is 23.7 Å². The molecule has 2 aromatic heterocycles. The number of fused-ring (bicyclic) bond motifs is 1. The van der Waals surface area contributed by atoms with Crippen molar-refractivity contribution in [2.45, 2.75) is 13.0 Å². The van der Waals surface area contributed by atoms with Gasteiger partial charge in [0.1, 0.15) is 0 Å².